The van der Waals surface area contributed by atoms with Crippen LogP contribution in [0.25, 0.3) is 11.2 Å². The Morgan fingerprint density at radius 1 is 1.22 bits per heavy atom. The quantitative estimate of drug-likeness (QED) is 0.412. The molecule has 0 saturated carbocycles. The summed E-state index contributed by atoms with van der Waals surface area (Å²) in [6, 6.07) is 8.29. The highest BCUT2D eigenvalue weighted by Gasteiger charge is 2.46. The van der Waals surface area contributed by atoms with Gasteiger partial charge in [-0.15, -0.1) is 0 Å². The SMILES string of the molecule is C[C@H]1CCCN(Cc2cc(C(F)(F)F)c3cn(-c4cc(C#N)cc(C5(C[C]6N=NC=[N+]6C)COC5)c4)c(=O)n3c2)C1. The van der Waals surface area contributed by atoms with Crippen molar-refractivity contribution >= 4 is 11.9 Å². The number of aromatic nitrogens is 2. The van der Waals surface area contributed by atoms with Crippen LogP contribution in [0.1, 0.15) is 48.4 Å². The average molecular weight is 566 g/mol. The minimum Gasteiger partial charge on any atom is -0.379 e. The van der Waals surface area contributed by atoms with Crippen molar-refractivity contribution in [3.63, 3.8) is 0 Å². The van der Waals surface area contributed by atoms with Crippen molar-refractivity contribution in [2.45, 2.75) is 44.3 Å². The molecule has 0 unspecified atom stereocenters. The lowest BCUT2D eigenvalue weighted by molar-refractivity contribution is -0.478. The van der Waals surface area contributed by atoms with Gasteiger partial charge >= 0.3 is 24.4 Å². The summed E-state index contributed by atoms with van der Waals surface area (Å²) < 4.78 is 52.5. The van der Waals surface area contributed by atoms with E-state index in [0.717, 1.165) is 48.1 Å². The van der Waals surface area contributed by atoms with Crippen LogP contribution in [0.2, 0.25) is 0 Å². The molecule has 2 aromatic heterocycles. The van der Waals surface area contributed by atoms with Gasteiger partial charge in [0, 0.05) is 37.3 Å². The molecule has 3 aliphatic rings. The number of rotatable bonds is 6. The Hall–Kier alpha value is -3.82. The highest BCUT2D eigenvalue weighted by Crippen LogP contribution is 2.41. The zero-order valence-electron chi connectivity index (χ0n) is 22.9. The van der Waals surface area contributed by atoms with Crippen LogP contribution in [0.15, 0.2) is 51.7 Å². The molecule has 0 amide bonds. The van der Waals surface area contributed by atoms with Crippen molar-refractivity contribution in [1.82, 2.24) is 13.9 Å². The Morgan fingerprint density at radius 3 is 2.66 bits per heavy atom. The van der Waals surface area contributed by atoms with Gasteiger partial charge in [0.25, 0.3) is 0 Å². The van der Waals surface area contributed by atoms with Crippen LogP contribution >= 0.6 is 0 Å². The van der Waals surface area contributed by atoms with Crippen LogP contribution in [0.5, 0.6) is 0 Å². The maximum Gasteiger partial charge on any atom is 0.418 e. The van der Waals surface area contributed by atoms with Gasteiger partial charge < -0.3 is 4.74 Å². The predicted octanol–water partition coefficient (Wildman–Crippen LogP) is 4.50. The Kier molecular flexibility index (Phi) is 6.82. The summed E-state index contributed by atoms with van der Waals surface area (Å²) in [5.74, 6) is 0.470. The van der Waals surface area contributed by atoms with Gasteiger partial charge in [0.15, 0.2) is 0 Å². The normalized spacial score (nSPS) is 21.2. The van der Waals surface area contributed by atoms with Gasteiger partial charge in [-0.2, -0.15) is 18.4 Å². The third-order valence-corrected chi connectivity index (χ3v) is 8.27. The lowest BCUT2D eigenvalue weighted by Gasteiger charge is -2.42. The van der Waals surface area contributed by atoms with Gasteiger partial charge in [-0.1, -0.05) is 6.92 Å². The van der Waals surface area contributed by atoms with E-state index < -0.39 is 22.8 Å². The first-order chi connectivity index (χ1) is 19.6. The lowest BCUT2D eigenvalue weighted by Crippen LogP contribution is -2.48. The number of piperidine rings is 1. The molecular weight excluding hydrogens is 535 g/mol. The minimum atomic E-state index is -4.65. The Bertz CT molecular complexity index is 1660. The summed E-state index contributed by atoms with van der Waals surface area (Å²) in [7, 11) is 1.84. The minimum absolute atomic E-state index is 0.233. The van der Waals surface area contributed by atoms with Gasteiger partial charge in [-0.25, -0.2) is 9.37 Å². The first-order valence-electron chi connectivity index (χ1n) is 13.6. The third-order valence-electron chi connectivity index (χ3n) is 8.27. The van der Waals surface area contributed by atoms with Crippen molar-refractivity contribution in [2.75, 3.05) is 33.4 Å². The maximum atomic E-state index is 14.3. The molecule has 9 nitrogen and oxygen atoms in total. The number of hydrogen-bond donors (Lipinski definition) is 0. The van der Waals surface area contributed by atoms with Crippen molar-refractivity contribution < 1.29 is 22.5 Å². The second-order valence-corrected chi connectivity index (χ2v) is 11.5. The number of benzene rings is 1. The zero-order valence-corrected chi connectivity index (χ0v) is 22.9. The van der Waals surface area contributed by atoms with E-state index in [9.17, 15) is 23.2 Å². The molecule has 1 aromatic carbocycles. The van der Waals surface area contributed by atoms with Gasteiger partial charge in [-0.05, 0) is 65.8 Å². The van der Waals surface area contributed by atoms with Crippen LogP contribution in [0.4, 0.5) is 13.2 Å². The highest BCUT2D eigenvalue weighted by atomic mass is 19.4. The smallest absolute Gasteiger partial charge is 0.379 e. The fourth-order valence-electron chi connectivity index (χ4n) is 6.04. The molecule has 213 valence electrons. The number of nitriles is 1. The van der Waals surface area contributed by atoms with Crippen LogP contribution in [0, 0.1) is 23.4 Å². The first-order valence-corrected chi connectivity index (χ1v) is 13.6. The van der Waals surface area contributed by atoms with E-state index in [2.05, 4.69) is 28.1 Å². The maximum absolute atomic E-state index is 14.3. The highest BCUT2D eigenvalue weighted by molar-refractivity contribution is 5.59. The van der Waals surface area contributed by atoms with E-state index in [0.29, 0.717) is 48.9 Å². The summed E-state index contributed by atoms with van der Waals surface area (Å²) in [5, 5.41) is 17.9. The molecular formula is C29H30F3N7O2+. The van der Waals surface area contributed by atoms with Crippen molar-refractivity contribution in [3.05, 3.63) is 75.6 Å². The number of ether oxygens (including phenoxy) is 1. The van der Waals surface area contributed by atoms with Crippen molar-refractivity contribution in [2.24, 2.45) is 16.1 Å². The van der Waals surface area contributed by atoms with Gasteiger partial charge in [-0.3, -0.25) is 13.9 Å². The number of halogens is 3. The van der Waals surface area contributed by atoms with E-state index in [-0.39, 0.29) is 5.52 Å². The molecule has 41 heavy (non-hydrogen) atoms. The molecule has 12 heteroatoms. The molecule has 3 aliphatic heterocycles. The van der Waals surface area contributed by atoms with Crippen LogP contribution in [0.3, 0.4) is 0 Å². The summed E-state index contributed by atoms with van der Waals surface area (Å²) in [4.78, 5) is 15.8. The van der Waals surface area contributed by atoms with E-state index in [1.165, 1.54) is 23.0 Å². The Morgan fingerprint density at radius 2 is 2.02 bits per heavy atom. The molecule has 0 spiro atoms. The van der Waals surface area contributed by atoms with E-state index in [1.54, 1.807) is 23.0 Å². The van der Waals surface area contributed by atoms with Crippen LogP contribution in [-0.2, 0) is 22.9 Å². The number of nitrogens with zero attached hydrogens (tertiary/aromatic N) is 7. The van der Waals surface area contributed by atoms with E-state index in [4.69, 9.17) is 4.74 Å². The van der Waals surface area contributed by atoms with Crippen LogP contribution < -0.4 is 5.69 Å². The molecule has 2 fully saturated rings. The topological polar surface area (TPSA) is 90.4 Å². The summed E-state index contributed by atoms with van der Waals surface area (Å²) >= 11 is 0. The molecule has 0 bridgehead atoms. The summed E-state index contributed by atoms with van der Waals surface area (Å²) in [6.45, 7) is 4.83. The molecule has 1 atom stereocenters. The van der Waals surface area contributed by atoms with Gasteiger partial charge in [0.05, 0.1) is 53.8 Å². The number of pyridine rings is 1. The van der Waals surface area contributed by atoms with Crippen molar-refractivity contribution in [1.29, 1.82) is 5.26 Å². The number of alkyl halides is 3. The van der Waals surface area contributed by atoms with Gasteiger partial charge in [0.1, 0.15) is 0 Å². The number of likely N-dealkylation sites (tertiary alicyclic amines) is 1. The Labute approximate surface area is 234 Å². The monoisotopic (exact) mass is 565 g/mol. The van der Waals surface area contributed by atoms with Gasteiger partial charge in [0.2, 0.25) is 0 Å². The average Bonchev–Trinajstić information content (AvgIpc) is 3.47. The lowest BCUT2D eigenvalue weighted by atomic mass is 9.74. The largest absolute Gasteiger partial charge is 0.418 e. The fraction of sp³-hybridized carbons (Fsp3) is 0.448. The van der Waals surface area contributed by atoms with Crippen molar-refractivity contribution in [3.8, 4) is 11.8 Å². The molecule has 5 heterocycles. The first kappa shape index (κ1) is 27.4. The predicted molar refractivity (Wildman–Crippen MR) is 144 cm³/mol. The Balaban J connectivity index is 1.44. The van der Waals surface area contributed by atoms with Crippen LogP contribution in [-0.4, -0.2) is 58.1 Å². The second-order valence-electron chi connectivity index (χ2n) is 11.5. The summed E-state index contributed by atoms with van der Waals surface area (Å²) in [5.41, 5.74) is -0.454. The standard InChI is InChI=1S/C29H30F3N7O2/c1-19-4-3-5-37(12-19)13-21-8-24(29(30,31)32)25-15-38(27(40)39(25)14-21)23-7-20(11-33)6-22(9-23)28(16-41-17-28)10-26-35-34-18-36(26)2/h6-9,14-15,18-19H,3-5,10,12-13,16-17H2,1-2H3/q+1/t19-/m0/s1. The number of hydrogen-bond acceptors (Lipinski definition) is 6. The molecule has 1 radical (unpaired) electrons. The molecule has 6 rings (SSSR count). The number of fused-ring (bicyclic) bond motifs is 1. The zero-order chi connectivity index (χ0) is 28.9. The summed E-state index contributed by atoms with van der Waals surface area (Å²) in [6.07, 6.45) is 2.98. The van der Waals surface area contributed by atoms with E-state index >= 15 is 0 Å². The number of azo groups is 1. The number of imidazole rings is 1. The molecule has 3 aromatic rings. The third kappa shape index (κ3) is 5.08. The molecule has 0 N–H and O–H groups in total. The molecule has 2 saturated heterocycles. The molecule has 0 aliphatic carbocycles. The van der Waals surface area contributed by atoms with E-state index in [1.807, 2.05) is 7.05 Å². The second kappa shape index (κ2) is 10.2. The fourth-order valence-corrected chi connectivity index (χ4v) is 6.04.